The van der Waals surface area contributed by atoms with Crippen molar-refractivity contribution in [2.24, 2.45) is 5.11 Å². The van der Waals surface area contributed by atoms with Gasteiger partial charge in [-0.15, -0.1) is 0 Å². The first-order valence-corrected chi connectivity index (χ1v) is 4.78. The normalized spacial score (nSPS) is 12.4. The van der Waals surface area contributed by atoms with Gasteiger partial charge >= 0.3 is 0 Å². The Balaban J connectivity index is 2.64. The quantitative estimate of drug-likeness (QED) is 0.369. The lowest BCUT2D eigenvalue weighted by molar-refractivity contribution is 0.268. The van der Waals surface area contributed by atoms with Gasteiger partial charge in [0, 0.05) is 11.1 Å². The fourth-order valence-corrected chi connectivity index (χ4v) is 1.71. The molecule has 0 aromatic carbocycles. The third kappa shape index (κ3) is 1.67. The van der Waals surface area contributed by atoms with Gasteiger partial charge in [0.15, 0.2) is 0 Å². The molecular weight excluding hydrogens is 232 g/mol. The second-order valence-electron chi connectivity index (χ2n) is 3.04. The van der Waals surface area contributed by atoms with Gasteiger partial charge < -0.3 is 10.1 Å². The van der Waals surface area contributed by atoms with Crippen LogP contribution in [0.15, 0.2) is 17.6 Å². The number of aliphatic hydroxyl groups is 1. The van der Waals surface area contributed by atoms with Crippen LogP contribution in [-0.2, 0) is 0 Å². The number of aromatic nitrogens is 3. The topological polar surface area (TPSA) is 111 Å². The zero-order valence-electron chi connectivity index (χ0n) is 8.00. The van der Waals surface area contributed by atoms with E-state index in [9.17, 15) is 0 Å². The van der Waals surface area contributed by atoms with Crippen LogP contribution in [-0.4, -0.2) is 26.7 Å². The molecule has 0 aliphatic heterocycles. The van der Waals surface area contributed by atoms with E-state index in [4.69, 9.17) is 22.2 Å². The lowest BCUT2D eigenvalue weighted by atomic mass is 10.1. The smallest absolute Gasteiger partial charge is 0.142 e. The summed E-state index contributed by atoms with van der Waals surface area (Å²) < 4.78 is 0. The van der Waals surface area contributed by atoms with Crippen LogP contribution in [0.3, 0.4) is 0 Å². The van der Waals surface area contributed by atoms with Crippen molar-refractivity contribution in [1.82, 2.24) is 15.0 Å². The molecular formula is C8H7ClN6O. The van der Waals surface area contributed by atoms with Crippen LogP contribution in [0.25, 0.3) is 21.5 Å². The summed E-state index contributed by atoms with van der Waals surface area (Å²) >= 11 is 5.92. The Morgan fingerprint density at radius 1 is 1.62 bits per heavy atom. The number of hydrogen-bond acceptors (Lipinski definition) is 4. The van der Waals surface area contributed by atoms with E-state index < -0.39 is 6.04 Å². The van der Waals surface area contributed by atoms with E-state index in [0.29, 0.717) is 16.6 Å². The number of azide groups is 1. The number of H-pyrrole nitrogens is 1. The molecule has 2 heterocycles. The van der Waals surface area contributed by atoms with Gasteiger partial charge in [0.1, 0.15) is 17.1 Å². The van der Waals surface area contributed by atoms with Crippen LogP contribution in [0.1, 0.15) is 11.6 Å². The molecule has 0 amide bonds. The molecule has 0 bridgehead atoms. The minimum absolute atomic E-state index is 0.257. The number of rotatable bonds is 3. The second kappa shape index (κ2) is 4.36. The highest BCUT2D eigenvalue weighted by atomic mass is 35.5. The van der Waals surface area contributed by atoms with Crippen molar-refractivity contribution in [2.45, 2.75) is 6.04 Å². The highest BCUT2D eigenvalue weighted by molar-refractivity contribution is 6.34. The molecule has 0 saturated carbocycles. The first-order chi connectivity index (χ1) is 7.77. The van der Waals surface area contributed by atoms with Crippen molar-refractivity contribution in [3.63, 3.8) is 0 Å². The number of aliphatic hydroxyl groups excluding tert-OH is 1. The number of hydrogen-bond donors (Lipinski definition) is 2. The number of aromatic amines is 1. The minimum Gasteiger partial charge on any atom is -0.396 e. The molecule has 2 N–H and O–H groups in total. The van der Waals surface area contributed by atoms with Crippen LogP contribution >= 0.6 is 11.6 Å². The summed E-state index contributed by atoms with van der Waals surface area (Å²) in [5.41, 5.74) is 9.51. The largest absolute Gasteiger partial charge is 0.396 e. The zero-order chi connectivity index (χ0) is 11.5. The zero-order valence-corrected chi connectivity index (χ0v) is 8.76. The monoisotopic (exact) mass is 238 g/mol. The van der Waals surface area contributed by atoms with Crippen LogP contribution < -0.4 is 0 Å². The van der Waals surface area contributed by atoms with E-state index in [0.717, 1.165) is 0 Å². The van der Waals surface area contributed by atoms with Crippen LogP contribution in [0, 0.1) is 0 Å². The lowest BCUT2D eigenvalue weighted by Gasteiger charge is -2.05. The molecule has 0 aliphatic rings. The van der Waals surface area contributed by atoms with Gasteiger partial charge in [0.25, 0.3) is 0 Å². The van der Waals surface area contributed by atoms with Crippen molar-refractivity contribution in [2.75, 3.05) is 6.61 Å². The van der Waals surface area contributed by atoms with Crippen molar-refractivity contribution < 1.29 is 5.11 Å². The molecule has 0 saturated heterocycles. The number of nitrogens with zero attached hydrogens (tertiary/aromatic N) is 5. The van der Waals surface area contributed by atoms with Crippen molar-refractivity contribution in [1.29, 1.82) is 0 Å². The van der Waals surface area contributed by atoms with Crippen LogP contribution in [0.4, 0.5) is 0 Å². The average Bonchev–Trinajstić information content (AvgIpc) is 2.71. The first kappa shape index (κ1) is 10.7. The van der Waals surface area contributed by atoms with Gasteiger partial charge in [-0.25, -0.2) is 9.97 Å². The van der Waals surface area contributed by atoms with E-state index in [1.165, 1.54) is 6.33 Å². The molecule has 0 spiro atoms. The fourth-order valence-electron chi connectivity index (χ4n) is 1.47. The molecule has 1 atom stereocenters. The van der Waals surface area contributed by atoms with E-state index in [-0.39, 0.29) is 11.8 Å². The molecule has 7 nitrogen and oxygen atoms in total. The maximum Gasteiger partial charge on any atom is 0.142 e. The Bertz CT molecular complexity index is 561. The fraction of sp³-hybridized carbons (Fsp3) is 0.250. The van der Waals surface area contributed by atoms with Gasteiger partial charge in [-0.3, -0.25) is 0 Å². The summed E-state index contributed by atoms with van der Waals surface area (Å²) in [5, 5.41) is 13.4. The Labute approximate surface area is 94.7 Å². The lowest BCUT2D eigenvalue weighted by Crippen LogP contribution is -1.99. The number of fused-ring (bicyclic) bond motifs is 1. The standard InChI is InChI=1S/C8H7ClN6O/c9-7-6-4(5(2-16)14-15-10)1-11-8(6)13-3-12-7/h1,3,5,16H,2H2,(H,11,12,13). The van der Waals surface area contributed by atoms with Gasteiger partial charge in [0.2, 0.25) is 0 Å². The van der Waals surface area contributed by atoms with Crippen molar-refractivity contribution >= 4 is 22.6 Å². The predicted octanol–water partition coefficient (Wildman–Crippen LogP) is 1.95. The van der Waals surface area contributed by atoms with Gasteiger partial charge in [-0.2, -0.15) is 0 Å². The molecule has 8 heteroatoms. The Morgan fingerprint density at radius 2 is 2.44 bits per heavy atom. The summed E-state index contributed by atoms with van der Waals surface area (Å²) in [4.78, 5) is 13.3. The molecule has 2 aromatic heterocycles. The van der Waals surface area contributed by atoms with Gasteiger partial charge in [-0.05, 0) is 11.1 Å². The van der Waals surface area contributed by atoms with Crippen molar-refractivity contribution in [3.05, 3.63) is 33.7 Å². The first-order valence-electron chi connectivity index (χ1n) is 4.40. The van der Waals surface area contributed by atoms with Crippen LogP contribution in [0.2, 0.25) is 5.15 Å². The molecule has 82 valence electrons. The molecule has 1 unspecified atom stereocenters. The van der Waals surface area contributed by atoms with Crippen molar-refractivity contribution in [3.8, 4) is 0 Å². The van der Waals surface area contributed by atoms with E-state index in [2.05, 4.69) is 25.0 Å². The third-order valence-electron chi connectivity index (χ3n) is 2.18. The summed E-state index contributed by atoms with van der Waals surface area (Å²) in [5.74, 6) is 0. The third-order valence-corrected chi connectivity index (χ3v) is 2.46. The maximum atomic E-state index is 9.12. The van der Waals surface area contributed by atoms with E-state index in [1.54, 1.807) is 6.20 Å². The second-order valence-corrected chi connectivity index (χ2v) is 3.39. The average molecular weight is 239 g/mol. The number of nitrogens with one attached hydrogen (secondary N) is 1. The highest BCUT2D eigenvalue weighted by Crippen LogP contribution is 2.29. The number of halogens is 1. The van der Waals surface area contributed by atoms with Crippen LogP contribution in [0.5, 0.6) is 0 Å². The summed E-state index contributed by atoms with van der Waals surface area (Å²) in [6, 6.07) is -0.692. The maximum absolute atomic E-state index is 9.12. The molecule has 0 fully saturated rings. The Morgan fingerprint density at radius 3 is 3.12 bits per heavy atom. The van der Waals surface area contributed by atoms with E-state index >= 15 is 0 Å². The highest BCUT2D eigenvalue weighted by Gasteiger charge is 2.16. The predicted molar refractivity (Wildman–Crippen MR) is 57.9 cm³/mol. The summed E-state index contributed by atoms with van der Waals surface area (Å²) in [7, 11) is 0. The Hall–Kier alpha value is -1.82. The summed E-state index contributed by atoms with van der Waals surface area (Å²) in [6.07, 6.45) is 2.92. The van der Waals surface area contributed by atoms with Gasteiger partial charge in [0.05, 0.1) is 18.0 Å². The van der Waals surface area contributed by atoms with Gasteiger partial charge in [-0.1, -0.05) is 16.7 Å². The molecule has 0 aliphatic carbocycles. The summed E-state index contributed by atoms with van der Waals surface area (Å²) in [6.45, 7) is -0.303. The SMILES string of the molecule is [N-]=[N+]=NC(CO)c1c[nH]c2ncnc(Cl)c12. The molecule has 0 radical (unpaired) electrons. The molecule has 2 aromatic rings. The molecule has 16 heavy (non-hydrogen) atoms. The Kier molecular flexibility index (Phi) is 2.91. The molecule has 2 rings (SSSR count). The minimum atomic E-state index is -0.692. The van der Waals surface area contributed by atoms with E-state index in [1.807, 2.05) is 0 Å².